The van der Waals surface area contributed by atoms with Gasteiger partial charge in [0.1, 0.15) is 5.82 Å². The molecule has 0 spiro atoms. The van der Waals surface area contributed by atoms with Gasteiger partial charge >= 0.3 is 5.69 Å². The molecule has 0 aromatic carbocycles. The van der Waals surface area contributed by atoms with Gasteiger partial charge in [0, 0.05) is 31.6 Å². The zero-order valence-electron chi connectivity index (χ0n) is 9.45. The van der Waals surface area contributed by atoms with Gasteiger partial charge in [-0.3, -0.25) is 9.47 Å². The van der Waals surface area contributed by atoms with Crippen LogP contribution in [-0.4, -0.2) is 50.4 Å². The number of hydrogen-bond donors (Lipinski definition) is 2. The lowest BCUT2D eigenvalue weighted by atomic mass is 10.4. The number of hydrogen-bond acceptors (Lipinski definition) is 6. The van der Waals surface area contributed by atoms with Crippen molar-refractivity contribution in [3.8, 4) is 0 Å². The molecule has 7 heteroatoms. The number of aromatic nitrogens is 2. The number of rotatable bonds is 4. The van der Waals surface area contributed by atoms with Crippen LogP contribution in [-0.2, 0) is 6.54 Å². The van der Waals surface area contributed by atoms with Gasteiger partial charge in [-0.15, -0.1) is 11.8 Å². The molecule has 0 amide bonds. The van der Waals surface area contributed by atoms with Gasteiger partial charge in [-0.1, -0.05) is 0 Å². The average Bonchev–Trinajstić information content (AvgIpc) is 2.75. The number of nitrogen functional groups attached to an aromatic ring is 1. The molecule has 0 saturated carbocycles. The molecule has 6 nitrogen and oxygen atoms in total. The van der Waals surface area contributed by atoms with E-state index in [1.54, 1.807) is 24.0 Å². The Labute approximate surface area is 103 Å². The largest absolute Gasteiger partial charge is 0.394 e. The lowest BCUT2D eigenvalue weighted by molar-refractivity contribution is 0.187. The predicted octanol–water partition coefficient (Wildman–Crippen LogP) is -0.807. The Morgan fingerprint density at radius 1 is 1.59 bits per heavy atom. The van der Waals surface area contributed by atoms with Crippen LogP contribution in [0.5, 0.6) is 0 Å². The molecule has 0 aliphatic carbocycles. The maximum Gasteiger partial charge on any atom is 0.349 e. The first-order chi connectivity index (χ1) is 8.20. The minimum atomic E-state index is -0.322. The summed E-state index contributed by atoms with van der Waals surface area (Å²) in [6.45, 7) is 2.42. The lowest BCUT2D eigenvalue weighted by Crippen LogP contribution is -2.36. The van der Waals surface area contributed by atoms with Gasteiger partial charge in [-0.2, -0.15) is 4.98 Å². The maximum absolute atomic E-state index is 11.5. The monoisotopic (exact) mass is 256 g/mol. The highest BCUT2D eigenvalue weighted by Crippen LogP contribution is 2.22. The molecule has 1 fully saturated rings. The molecule has 17 heavy (non-hydrogen) atoms. The predicted molar refractivity (Wildman–Crippen MR) is 67.8 cm³/mol. The van der Waals surface area contributed by atoms with Gasteiger partial charge in [-0.25, -0.2) is 4.79 Å². The quantitative estimate of drug-likeness (QED) is 0.733. The molecule has 1 aliphatic heterocycles. The summed E-state index contributed by atoms with van der Waals surface area (Å²) in [5.41, 5.74) is 5.10. The Morgan fingerprint density at radius 2 is 2.41 bits per heavy atom. The van der Waals surface area contributed by atoms with Crippen LogP contribution in [0.15, 0.2) is 17.1 Å². The third-order valence-corrected chi connectivity index (χ3v) is 4.03. The Balaban J connectivity index is 1.95. The first-order valence-corrected chi connectivity index (χ1v) is 6.55. The summed E-state index contributed by atoms with van der Waals surface area (Å²) in [6, 6.07) is 1.61. The minimum Gasteiger partial charge on any atom is -0.394 e. The van der Waals surface area contributed by atoms with E-state index in [1.165, 1.54) is 4.57 Å². The van der Waals surface area contributed by atoms with Crippen molar-refractivity contribution in [1.82, 2.24) is 14.5 Å². The fourth-order valence-corrected chi connectivity index (χ4v) is 2.97. The van der Waals surface area contributed by atoms with Gasteiger partial charge in [0.2, 0.25) is 0 Å². The summed E-state index contributed by atoms with van der Waals surface area (Å²) in [4.78, 5) is 17.3. The van der Waals surface area contributed by atoms with E-state index in [-0.39, 0.29) is 23.5 Å². The fraction of sp³-hybridized carbons (Fsp3) is 0.600. The summed E-state index contributed by atoms with van der Waals surface area (Å²) >= 11 is 1.75. The SMILES string of the molecule is Nc1ccn(CCN2CCSC2CO)c(=O)n1. The number of anilines is 1. The summed E-state index contributed by atoms with van der Waals surface area (Å²) in [5, 5.41) is 9.32. The van der Waals surface area contributed by atoms with Crippen molar-refractivity contribution < 1.29 is 5.11 Å². The van der Waals surface area contributed by atoms with Crippen LogP contribution >= 0.6 is 11.8 Å². The van der Waals surface area contributed by atoms with E-state index >= 15 is 0 Å². The lowest BCUT2D eigenvalue weighted by Gasteiger charge is -2.21. The normalized spacial score (nSPS) is 20.9. The number of aliphatic hydroxyl groups is 1. The fourth-order valence-electron chi connectivity index (χ4n) is 1.83. The number of thioether (sulfide) groups is 1. The van der Waals surface area contributed by atoms with Crippen LogP contribution in [0.1, 0.15) is 0 Å². The van der Waals surface area contributed by atoms with Crippen molar-refractivity contribution >= 4 is 17.6 Å². The second-order valence-corrected chi connectivity index (χ2v) is 5.16. The molecule has 2 heterocycles. The molecule has 0 bridgehead atoms. The van der Waals surface area contributed by atoms with Crippen LogP contribution in [0, 0.1) is 0 Å². The van der Waals surface area contributed by atoms with E-state index in [1.807, 2.05) is 0 Å². The molecule has 1 saturated heterocycles. The van der Waals surface area contributed by atoms with Crippen molar-refractivity contribution in [3.05, 3.63) is 22.7 Å². The second kappa shape index (κ2) is 5.52. The van der Waals surface area contributed by atoms with E-state index in [9.17, 15) is 4.79 Å². The van der Waals surface area contributed by atoms with Gasteiger partial charge in [0.15, 0.2) is 0 Å². The van der Waals surface area contributed by atoms with Crippen molar-refractivity contribution in [2.75, 3.05) is 31.2 Å². The third kappa shape index (κ3) is 2.99. The second-order valence-electron chi connectivity index (χ2n) is 3.87. The molecule has 1 atom stereocenters. The van der Waals surface area contributed by atoms with E-state index < -0.39 is 0 Å². The molecule has 94 valence electrons. The minimum absolute atomic E-state index is 0.152. The molecular formula is C10H16N4O2S. The highest BCUT2D eigenvalue weighted by atomic mass is 32.2. The Bertz CT molecular complexity index is 437. The molecule has 1 aliphatic rings. The summed E-state index contributed by atoms with van der Waals surface area (Å²) in [6.07, 6.45) is 1.65. The number of aliphatic hydroxyl groups excluding tert-OH is 1. The van der Waals surface area contributed by atoms with Crippen molar-refractivity contribution in [3.63, 3.8) is 0 Å². The highest BCUT2D eigenvalue weighted by Gasteiger charge is 2.23. The van der Waals surface area contributed by atoms with Crippen LogP contribution in [0.4, 0.5) is 5.82 Å². The zero-order valence-corrected chi connectivity index (χ0v) is 10.3. The first-order valence-electron chi connectivity index (χ1n) is 5.50. The first kappa shape index (κ1) is 12.4. The van der Waals surface area contributed by atoms with E-state index in [2.05, 4.69) is 9.88 Å². The molecular weight excluding hydrogens is 240 g/mol. The maximum atomic E-state index is 11.5. The van der Waals surface area contributed by atoms with Crippen LogP contribution in [0.2, 0.25) is 0 Å². The van der Waals surface area contributed by atoms with Crippen LogP contribution in [0.3, 0.4) is 0 Å². The topological polar surface area (TPSA) is 84.4 Å². The Morgan fingerprint density at radius 3 is 3.12 bits per heavy atom. The Hall–Kier alpha value is -1.05. The van der Waals surface area contributed by atoms with Crippen molar-refractivity contribution in [2.45, 2.75) is 11.9 Å². The summed E-state index contributed by atoms with van der Waals surface area (Å²) in [5.74, 6) is 1.27. The molecule has 2 rings (SSSR count). The standard InChI is InChI=1S/C10H16N4O2S/c11-8-1-2-14(10(16)12-8)4-3-13-5-6-17-9(13)7-15/h1-2,9,15H,3-7H2,(H2,11,12,16). The summed E-state index contributed by atoms with van der Waals surface area (Å²) in [7, 11) is 0. The van der Waals surface area contributed by atoms with Gasteiger partial charge in [0.25, 0.3) is 0 Å². The van der Waals surface area contributed by atoms with Crippen LogP contribution in [0.25, 0.3) is 0 Å². The van der Waals surface area contributed by atoms with Crippen molar-refractivity contribution in [1.29, 1.82) is 0 Å². The highest BCUT2D eigenvalue weighted by molar-refractivity contribution is 8.00. The number of nitrogens with zero attached hydrogens (tertiary/aromatic N) is 3. The van der Waals surface area contributed by atoms with E-state index in [0.29, 0.717) is 6.54 Å². The average molecular weight is 256 g/mol. The van der Waals surface area contributed by atoms with Gasteiger partial charge in [-0.05, 0) is 6.07 Å². The van der Waals surface area contributed by atoms with E-state index in [0.717, 1.165) is 18.8 Å². The third-order valence-electron chi connectivity index (χ3n) is 2.78. The summed E-state index contributed by atoms with van der Waals surface area (Å²) < 4.78 is 1.54. The van der Waals surface area contributed by atoms with E-state index in [4.69, 9.17) is 10.8 Å². The number of nitrogens with two attached hydrogens (primary N) is 1. The van der Waals surface area contributed by atoms with Gasteiger partial charge < -0.3 is 10.8 Å². The van der Waals surface area contributed by atoms with Gasteiger partial charge in [0.05, 0.1) is 12.0 Å². The van der Waals surface area contributed by atoms with Crippen LogP contribution < -0.4 is 11.4 Å². The zero-order chi connectivity index (χ0) is 12.3. The smallest absolute Gasteiger partial charge is 0.349 e. The molecule has 1 unspecified atom stereocenters. The molecule has 3 N–H and O–H groups in total. The molecule has 1 aromatic rings. The van der Waals surface area contributed by atoms with Crippen molar-refractivity contribution in [2.24, 2.45) is 0 Å². The molecule has 0 radical (unpaired) electrons. The molecule has 1 aromatic heterocycles. The Kier molecular flexibility index (Phi) is 4.03.